The van der Waals surface area contributed by atoms with Gasteiger partial charge in [-0.15, -0.1) is 0 Å². The monoisotopic (exact) mass is 327 g/mol. The molecule has 0 bridgehead atoms. The van der Waals surface area contributed by atoms with Crippen LogP contribution in [0.4, 0.5) is 5.69 Å². The minimum Gasteiger partial charge on any atom is -0.317 e. The molecule has 0 atom stereocenters. The second-order valence-electron chi connectivity index (χ2n) is 5.62. The molecule has 0 radical (unpaired) electrons. The maximum absolute atomic E-state index is 12.9. The van der Waals surface area contributed by atoms with Crippen molar-refractivity contribution in [3.8, 4) is 0 Å². The largest absolute Gasteiger partial charge is 0.317 e. The molecule has 122 valence electrons. The third-order valence-corrected chi connectivity index (χ3v) is 6.40. The summed E-state index contributed by atoms with van der Waals surface area (Å²) < 4.78 is 27.2. The van der Waals surface area contributed by atoms with Gasteiger partial charge in [-0.3, -0.25) is 10.1 Å². The predicted molar refractivity (Wildman–Crippen MR) is 83.4 cm³/mol. The average molecular weight is 327 g/mol. The number of aryl methyl sites for hydroxylation is 1. The zero-order chi connectivity index (χ0) is 16.5. The summed E-state index contributed by atoms with van der Waals surface area (Å²) >= 11 is 0. The Morgan fingerprint density at radius 2 is 1.86 bits per heavy atom. The Balaban J connectivity index is 2.53. The predicted octanol–water partition coefficient (Wildman–Crippen LogP) is 1.58. The average Bonchev–Trinajstić information content (AvgIpc) is 2.49. The van der Waals surface area contributed by atoms with E-state index in [4.69, 9.17) is 0 Å². The number of nitrogens with zero attached hydrogens (tertiary/aromatic N) is 2. The molecule has 0 amide bonds. The molecular formula is C14H21N3O4S. The molecule has 1 N–H and O–H groups in total. The zero-order valence-corrected chi connectivity index (χ0v) is 13.8. The van der Waals surface area contributed by atoms with Gasteiger partial charge in [0.2, 0.25) is 10.0 Å². The Hall–Kier alpha value is -1.51. The van der Waals surface area contributed by atoms with Crippen LogP contribution in [0.25, 0.3) is 0 Å². The maximum atomic E-state index is 12.9. The number of hydrogen-bond acceptors (Lipinski definition) is 5. The lowest BCUT2D eigenvalue weighted by Gasteiger charge is -2.31. The van der Waals surface area contributed by atoms with Crippen LogP contribution in [-0.4, -0.2) is 43.8 Å². The van der Waals surface area contributed by atoms with Crippen LogP contribution < -0.4 is 5.32 Å². The molecule has 1 fully saturated rings. The minimum absolute atomic E-state index is 0.134. The number of hydrogen-bond donors (Lipinski definition) is 1. The Labute approximate surface area is 130 Å². The van der Waals surface area contributed by atoms with E-state index in [2.05, 4.69) is 5.32 Å². The topological polar surface area (TPSA) is 92.5 Å². The summed E-state index contributed by atoms with van der Waals surface area (Å²) in [6.45, 7) is 4.87. The van der Waals surface area contributed by atoms with Crippen LogP contribution in [0.1, 0.15) is 24.0 Å². The Morgan fingerprint density at radius 3 is 2.41 bits per heavy atom. The Bertz CT molecular complexity index is 682. The summed E-state index contributed by atoms with van der Waals surface area (Å²) in [6.07, 6.45) is 1.41. The lowest BCUT2D eigenvalue weighted by Crippen LogP contribution is -2.44. The smallest absolute Gasteiger partial charge is 0.289 e. The molecule has 1 aromatic carbocycles. The van der Waals surface area contributed by atoms with Gasteiger partial charge in [-0.1, -0.05) is 6.07 Å². The van der Waals surface area contributed by atoms with Gasteiger partial charge in [0.25, 0.3) is 5.69 Å². The lowest BCUT2D eigenvalue weighted by atomic mass is 10.1. The highest BCUT2D eigenvalue weighted by atomic mass is 32.2. The van der Waals surface area contributed by atoms with Gasteiger partial charge in [-0.05, 0) is 50.9 Å². The molecule has 0 aliphatic carbocycles. The van der Waals surface area contributed by atoms with Gasteiger partial charge in [0, 0.05) is 19.2 Å². The number of benzene rings is 1. The second-order valence-corrected chi connectivity index (χ2v) is 7.55. The maximum Gasteiger partial charge on any atom is 0.289 e. The van der Waals surface area contributed by atoms with Crippen LogP contribution in [0.3, 0.4) is 0 Å². The van der Waals surface area contributed by atoms with Crippen molar-refractivity contribution in [2.75, 3.05) is 20.1 Å². The first-order valence-electron chi connectivity index (χ1n) is 7.20. The summed E-state index contributed by atoms with van der Waals surface area (Å²) in [4.78, 5) is 10.4. The van der Waals surface area contributed by atoms with E-state index in [1.165, 1.54) is 17.4 Å². The van der Waals surface area contributed by atoms with Crippen molar-refractivity contribution < 1.29 is 13.3 Å². The molecule has 1 aromatic rings. The third-order valence-electron chi connectivity index (χ3n) is 4.31. The van der Waals surface area contributed by atoms with Crippen LogP contribution in [-0.2, 0) is 10.0 Å². The van der Waals surface area contributed by atoms with Crippen molar-refractivity contribution in [1.82, 2.24) is 9.62 Å². The molecule has 1 aliphatic heterocycles. The Morgan fingerprint density at radius 1 is 1.27 bits per heavy atom. The fourth-order valence-electron chi connectivity index (χ4n) is 2.76. The molecule has 22 heavy (non-hydrogen) atoms. The summed E-state index contributed by atoms with van der Waals surface area (Å²) in [5.41, 5.74) is 0.807. The summed E-state index contributed by atoms with van der Waals surface area (Å²) in [7, 11) is -2.39. The van der Waals surface area contributed by atoms with Gasteiger partial charge >= 0.3 is 0 Å². The summed E-state index contributed by atoms with van der Waals surface area (Å²) in [6, 6.07) is 2.72. The highest BCUT2D eigenvalue weighted by molar-refractivity contribution is 7.89. The van der Waals surface area contributed by atoms with E-state index >= 15 is 0 Å². The highest BCUT2D eigenvalue weighted by Gasteiger charge is 2.35. The number of sulfonamides is 1. The van der Waals surface area contributed by atoms with Crippen molar-refractivity contribution in [2.45, 2.75) is 37.6 Å². The van der Waals surface area contributed by atoms with Gasteiger partial charge in [0.1, 0.15) is 0 Å². The van der Waals surface area contributed by atoms with Crippen LogP contribution >= 0.6 is 0 Å². The molecular weight excluding hydrogens is 306 g/mol. The fourth-order valence-corrected chi connectivity index (χ4v) is 4.60. The third kappa shape index (κ3) is 2.99. The molecule has 0 aromatic heterocycles. The molecule has 8 heteroatoms. The summed E-state index contributed by atoms with van der Waals surface area (Å²) in [5.74, 6) is 0. The number of piperidine rings is 1. The van der Waals surface area contributed by atoms with Gasteiger partial charge in [0.15, 0.2) is 4.90 Å². The van der Waals surface area contributed by atoms with Crippen LogP contribution in [0, 0.1) is 24.0 Å². The zero-order valence-electron chi connectivity index (χ0n) is 13.0. The van der Waals surface area contributed by atoms with E-state index in [1.807, 2.05) is 0 Å². The SMILES string of the molecule is Cc1ccc([N+](=O)[O-])c(S(=O)(=O)N(C)C2CCNCC2)c1C. The van der Waals surface area contributed by atoms with Crippen molar-refractivity contribution >= 4 is 15.7 Å². The van der Waals surface area contributed by atoms with Gasteiger partial charge < -0.3 is 5.32 Å². The molecule has 1 heterocycles. The van der Waals surface area contributed by atoms with E-state index in [-0.39, 0.29) is 16.6 Å². The highest BCUT2D eigenvalue weighted by Crippen LogP contribution is 2.32. The van der Waals surface area contributed by atoms with Crippen molar-refractivity contribution in [3.05, 3.63) is 33.4 Å². The van der Waals surface area contributed by atoms with E-state index < -0.39 is 14.9 Å². The number of nitro benzene ring substituents is 1. The van der Waals surface area contributed by atoms with E-state index in [1.54, 1.807) is 19.9 Å². The first kappa shape index (κ1) is 16.9. The van der Waals surface area contributed by atoms with Crippen LogP contribution in [0.2, 0.25) is 0 Å². The molecule has 2 rings (SSSR count). The molecule has 0 saturated carbocycles. The number of nitro groups is 1. The van der Waals surface area contributed by atoms with E-state index in [0.29, 0.717) is 18.4 Å². The minimum atomic E-state index is -3.90. The summed E-state index contributed by atoms with van der Waals surface area (Å²) in [5, 5.41) is 14.4. The standard InChI is InChI=1S/C14H21N3O4S/c1-10-4-5-13(17(18)19)14(11(10)2)22(20,21)16(3)12-6-8-15-9-7-12/h4-5,12,15H,6-9H2,1-3H3. The molecule has 7 nitrogen and oxygen atoms in total. The van der Waals surface area contributed by atoms with E-state index in [9.17, 15) is 18.5 Å². The first-order chi connectivity index (χ1) is 10.3. The van der Waals surface area contributed by atoms with Crippen LogP contribution in [0.15, 0.2) is 17.0 Å². The second kappa shape index (κ2) is 6.31. The first-order valence-corrected chi connectivity index (χ1v) is 8.64. The fraction of sp³-hybridized carbons (Fsp3) is 0.571. The normalized spacial score (nSPS) is 16.9. The van der Waals surface area contributed by atoms with Crippen LogP contribution in [0.5, 0.6) is 0 Å². The lowest BCUT2D eigenvalue weighted by molar-refractivity contribution is -0.388. The molecule has 0 unspecified atom stereocenters. The quantitative estimate of drug-likeness (QED) is 0.669. The van der Waals surface area contributed by atoms with Gasteiger partial charge in [-0.25, -0.2) is 8.42 Å². The van der Waals surface area contributed by atoms with E-state index in [0.717, 1.165) is 18.7 Å². The molecule has 0 spiro atoms. The van der Waals surface area contributed by atoms with Crippen molar-refractivity contribution in [3.63, 3.8) is 0 Å². The Kier molecular flexibility index (Phi) is 4.84. The molecule has 1 aliphatic rings. The molecule has 1 saturated heterocycles. The number of nitrogens with one attached hydrogen (secondary N) is 1. The van der Waals surface area contributed by atoms with Gasteiger partial charge in [-0.2, -0.15) is 4.31 Å². The van der Waals surface area contributed by atoms with Gasteiger partial charge in [0.05, 0.1) is 4.92 Å². The van der Waals surface area contributed by atoms with Crippen molar-refractivity contribution in [1.29, 1.82) is 0 Å². The number of rotatable bonds is 4. The van der Waals surface area contributed by atoms with Crippen molar-refractivity contribution in [2.24, 2.45) is 0 Å².